The Hall–Kier alpha value is -0.520. The van der Waals surface area contributed by atoms with E-state index in [1.165, 1.54) is 0 Å². The Morgan fingerprint density at radius 2 is 2.50 bits per heavy atom. The summed E-state index contributed by atoms with van der Waals surface area (Å²) < 4.78 is 0. The van der Waals surface area contributed by atoms with E-state index in [1.54, 1.807) is 6.08 Å². The molecule has 0 aliphatic carbocycles. The van der Waals surface area contributed by atoms with Gasteiger partial charge in [0, 0.05) is 6.04 Å². The Bertz CT molecular complexity index is 90.6. The Balaban J connectivity index is 3.31. The molecule has 0 fully saturated rings. The molecule has 0 saturated heterocycles. The maximum atomic E-state index is 5.54. The van der Waals surface area contributed by atoms with Gasteiger partial charge < -0.3 is 5.73 Å². The molecule has 0 aliphatic heterocycles. The molecule has 8 heavy (non-hydrogen) atoms. The number of hydrogen-bond donors (Lipinski definition) is 1. The monoisotopic (exact) mass is 111 g/mol. The van der Waals surface area contributed by atoms with Crippen LogP contribution in [-0.4, -0.2) is 6.04 Å². The van der Waals surface area contributed by atoms with E-state index in [9.17, 15) is 0 Å². The lowest BCUT2D eigenvalue weighted by Gasteiger charge is -1.98. The van der Waals surface area contributed by atoms with Gasteiger partial charge >= 0.3 is 0 Å². The molecule has 0 aromatic carbocycles. The zero-order valence-electron chi connectivity index (χ0n) is 5.35. The third kappa shape index (κ3) is 3.66. The van der Waals surface area contributed by atoms with Gasteiger partial charge in [-0.25, -0.2) is 0 Å². The second-order valence-corrected chi connectivity index (χ2v) is 1.82. The van der Waals surface area contributed by atoms with E-state index in [1.807, 2.05) is 0 Å². The van der Waals surface area contributed by atoms with Gasteiger partial charge in [0.2, 0.25) is 0 Å². The largest absolute Gasteiger partial charge is 0.324 e. The van der Waals surface area contributed by atoms with Gasteiger partial charge in [-0.1, -0.05) is 19.9 Å². The van der Waals surface area contributed by atoms with E-state index in [-0.39, 0.29) is 6.04 Å². The minimum absolute atomic E-state index is 0.164. The van der Waals surface area contributed by atoms with E-state index >= 15 is 0 Å². The van der Waals surface area contributed by atoms with Crippen LogP contribution in [0.1, 0.15) is 19.8 Å². The van der Waals surface area contributed by atoms with Crippen LogP contribution in [0, 0.1) is 0 Å². The standard InChI is InChI=1S/C7H13N/c1-3-5-7(8)6-4-2/h5,7H,1,4,6,8H2,2H3. The lowest BCUT2D eigenvalue weighted by molar-refractivity contribution is 0.704. The average molecular weight is 111 g/mol. The maximum Gasteiger partial charge on any atom is 0.0299 e. The minimum Gasteiger partial charge on any atom is -0.324 e. The van der Waals surface area contributed by atoms with Crippen molar-refractivity contribution in [2.45, 2.75) is 25.8 Å². The minimum atomic E-state index is 0.164. The lowest BCUT2D eigenvalue weighted by atomic mass is 10.2. The summed E-state index contributed by atoms with van der Waals surface area (Å²) in [6, 6.07) is 0.164. The SMILES string of the molecule is C=C=CC(N)CCC. The summed E-state index contributed by atoms with van der Waals surface area (Å²) in [7, 11) is 0. The second kappa shape index (κ2) is 4.63. The Labute approximate surface area is 50.9 Å². The van der Waals surface area contributed by atoms with E-state index in [0.29, 0.717) is 0 Å². The third-order valence-electron chi connectivity index (χ3n) is 0.954. The molecule has 0 rings (SSSR count). The normalized spacial score (nSPS) is 12.2. The van der Waals surface area contributed by atoms with Gasteiger partial charge in [0.25, 0.3) is 0 Å². The zero-order valence-corrected chi connectivity index (χ0v) is 5.35. The fourth-order valence-corrected chi connectivity index (χ4v) is 0.568. The molecule has 46 valence electrons. The topological polar surface area (TPSA) is 26.0 Å². The maximum absolute atomic E-state index is 5.54. The van der Waals surface area contributed by atoms with E-state index < -0.39 is 0 Å². The van der Waals surface area contributed by atoms with Gasteiger partial charge in [-0.2, -0.15) is 0 Å². The first-order chi connectivity index (χ1) is 3.81. The highest BCUT2D eigenvalue weighted by Crippen LogP contribution is 1.91. The van der Waals surface area contributed by atoms with Crippen LogP contribution in [0.4, 0.5) is 0 Å². The molecule has 0 aromatic heterocycles. The van der Waals surface area contributed by atoms with Crippen molar-refractivity contribution in [3.8, 4) is 0 Å². The summed E-state index contributed by atoms with van der Waals surface area (Å²) in [5, 5.41) is 0. The molecule has 1 nitrogen and oxygen atoms in total. The summed E-state index contributed by atoms with van der Waals surface area (Å²) in [4.78, 5) is 0. The van der Waals surface area contributed by atoms with Crippen molar-refractivity contribution in [1.29, 1.82) is 0 Å². The molecule has 2 N–H and O–H groups in total. The van der Waals surface area contributed by atoms with Gasteiger partial charge in [0.05, 0.1) is 0 Å². The lowest BCUT2D eigenvalue weighted by Crippen LogP contribution is -2.15. The molecule has 0 aliphatic rings. The predicted octanol–water partition coefficient (Wildman–Crippen LogP) is 1.45. The molecular weight excluding hydrogens is 98.1 g/mol. The smallest absolute Gasteiger partial charge is 0.0299 e. The molecule has 1 unspecified atom stereocenters. The molecule has 0 radical (unpaired) electrons. The fraction of sp³-hybridized carbons (Fsp3) is 0.571. The molecule has 1 heteroatoms. The van der Waals surface area contributed by atoms with Gasteiger partial charge in [-0.15, -0.1) is 5.73 Å². The highest BCUT2D eigenvalue weighted by molar-refractivity contribution is 4.86. The summed E-state index contributed by atoms with van der Waals surface area (Å²) in [6.45, 7) is 5.53. The van der Waals surface area contributed by atoms with Crippen LogP contribution in [0.2, 0.25) is 0 Å². The molecule has 0 heterocycles. The van der Waals surface area contributed by atoms with Crippen molar-refractivity contribution in [3.63, 3.8) is 0 Å². The molecular formula is C7H13N. The van der Waals surface area contributed by atoms with Gasteiger partial charge in [-0.05, 0) is 12.5 Å². The van der Waals surface area contributed by atoms with Crippen LogP contribution in [0.5, 0.6) is 0 Å². The van der Waals surface area contributed by atoms with Crippen molar-refractivity contribution in [2.24, 2.45) is 5.73 Å². The van der Waals surface area contributed by atoms with Crippen molar-refractivity contribution >= 4 is 0 Å². The van der Waals surface area contributed by atoms with Gasteiger partial charge in [0.1, 0.15) is 0 Å². The first kappa shape index (κ1) is 7.48. The predicted molar refractivity (Wildman–Crippen MR) is 36.6 cm³/mol. The number of hydrogen-bond acceptors (Lipinski definition) is 1. The first-order valence-electron chi connectivity index (χ1n) is 2.92. The number of rotatable bonds is 3. The zero-order chi connectivity index (χ0) is 6.41. The fourth-order valence-electron chi connectivity index (χ4n) is 0.568. The van der Waals surface area contributed by atoms with E-state index in [0.717, 1.165) is 12.8 Å². The molecule has 0 amide bonds. The summed E-state index contributed by atoms with van der Waals surface area (Å²) >= 11 is 0. The van der Waals surface area contributed by atoms with Crippen LogP contribution in [0.15, 0.2) is 18.4 Å². The molecule has 0 saturated carbocycles. The van der Waals surface area contributed by atoms with Crippen LogP contribution in [0.25, 0.3) is 0 Å². The first-order valence-corrected chi connectivity index (χ1v) is 2.92. The average Bonchev–Trinajstić information content (AvgIpc) is 1.68. The Morgan fingerprint density at radius 1 is 1.88 bits per heavy atom. The highest BCUT2D eigenvalue weighted by atomic mass is 14.6. The summed E-state index contributed by atoms with van der Waals surface area (Å²) in [6.07, 6.45) is 3.95. The Kier molecular flexibility index (Phi) is 4.33. The van der Waals surface area contributed by atoms with E-state index in [4.69, 9.17) is 5.73 Å². The number of nitrogens with two attached hydrogens (primary N) is 1. The molecule has 0 aromatic rings. The van der Waals surface area contributed by atoms with Crippen LogP contribution < -0.4 is 5.73 Å². The van der Waals surface area contributed by atoms with Gasteiger partial charge in [-0.3, -0.25) is 0 Å². The van der Waals surface area contributed by atoms with Gasteiger partial charge in [0.15, 0.2) is 0 Å². The quantitative estimate of drug-likeness (QED) is 0.548. The molecule has 1 atom stereocenters. The van der Waals surface area contributed by atoms with Crippen molar-refractivity contribution in [3.05, 3.63) is 18.4 Å². The molecule has 0 spiro atoms. The highest BCUT2D eigenvalue weighted by Gasteiger charge is 1.90. The van der Waals surface area contributed by atoms with Crippen molar-refractivity contribution in [2.75, 3.05) is 0 Å². The summed E-state index contributed by atoms with van der Waals surface area (Å²) in [5.74, 6) is 0. The van der Waals surface area contributed by atoms with Crippen LogP contribution >= 0.6 is 0 Å². The van der Waals surface area contributed by atoms with E-state index in [2.05, 4.69) is 19.2 Å². The van der Waals surface area contributed by atoms with Crippen molar-refractivity contribution < 1.29 is 0 Å². The van der Waals surface area contributed by atoms with Crippen LogP contribution in [-0.2, 0) is 0 Å². The second-order valence-electron chi connectivity index (χ2n) is 1.82. The third-order valence-corrected chi connectivity index (χ3v) is 0.954. The Morgan fingerprint density at radius 3 is 2.88 bits per heavy atom. The summed E-state index contributed by atoms with van der Waals surface area (Å²) in [5.41, 5.74) is 8.19. The van der Waals surface area contributed by atoms with Crippen LogP contribution in [0.3, 0.4) is 0 Å². The molecule has 0 bridgehead atoms. The van der Waals surface area contributed by atoms with Crippen molar-refractivity contribution in [1.82, 2.24) is 0 Å².